The fourth-order valence-corrected chi connectivity index (χ4v) is 3.59. The first-order valence-electron chi connectivity index (χ1n) is 11.3. The van der Waals surface area contributed by atoms with Gasteiger partial charge < -0.3 is 14.8 Å². The maximum Gasteiger partial charge on any atom is 0.214 e. The number of fused-ring (bicyclic) bond motifs is 1. The van der Waals surface area contributed by atoms with Crippen molar-refractivity contribution in [1.29, 1.82) is 0 Å². The van der Waals surface area contributed by atoms with Crippen LogP contribution in [0.1, 0.15) is 44.0 Å². The van der Waals surface area contributed by atoms with Crippen LogP contribution >= 0.6 is 11.6 Å². The minimum atomic E-state index is 0.654. The molecule has 0 aliphatic rings. The summed E-state index contributed by atoms with van der Waals surface area (Å²) in [7, 11) is 0. The average molecular weight is 470 g/mol. The number of nitrogens with zero attached hydrogens (tertiary/aromatic N) is 2. The van der Waals surface area contributed by atoms with Crippen LogP contribution in [0.2, 0.25) is 5.02 Å². The van der Waals surface area contributed by atoms with Crippen molar-refractivity contribution in [3.05, 3.63) is 70.9 Å². The summed E-state index contributed by atoms with van der Waals surface area (Å²) >= 11 is 5.83. The number of halogens is 1. The monoisotopic (exact) mass is 469 g/mol. The molecule has 0 fully saturated rings. The molecule has 0 unspecified atom stereocenters. The van der Waals surface area contributed by atoms with Gasteiger partial charge in [-0.15, -0.1) is 0 Å². The molecule has 0 atom stereocenters. The first-order chi connectivity index (χ1) is 15.9. The van der Waals surface area contributed by atoms with Crippen LogP contribution in [0.5, 0.6) is 0 Å². The Balaban J connectivity index is 0.000000322. The Labute approximate surface area is 203 Å². The molecular formula is C27H36ClN3O2. The highest BCUT2D eigenvalue weighted by molar-refractivity contribution is 6.30. The number of benzene rings is 2. The zero-order chi connectivity index (χ0) is 24.8. The van der Waals surface area contributed by atoms with Gasteiger partial charge in [-0.05, 0) is 68.0 Å². The minimum absolute atomic E-state index is 0.654. The van der Waals surface area contributed by atoms with Crippen LogP contribution in [0.15, 0.2) is 49.0 Å². The quantitative estimate of drug-likeness (QED) is 0.291. The Bertz CT molecular complexity index is 1040. The molecule has 178 valence electrons. The minimum Gasteiger partial charge on any atom is -0.359 e. The maximum absolute atomic E-state index is 10.7. The van der Waals surface area contributed by atoms with Gasteiger partial charge in [0.15, 0.2) is 0 Å². The molecule has 2 aromatic carbocycles. The van der Waals surface area contributed by atoms with Gasteiger partial charge in [-0.3, -0.25) is 9.59 Å². The topological polar surface area (TPSA) is 54.3 Å². The number of nitrogens with one attached hydrogen (secondary N) is 1. The number of carbonyl (C=O) groups excluding carboxylic acids is 2. The summed E-state index contributed by atoms with van der Waals surface area (Å²) in [6, 6.07) is 14.1. The molecule has 0 aliphatic carbocycles. The standard InChI is InChI=1S/C15H18N2O.C10H12ClNO.C2H6/c1-3-13-5-6-14-9-12(2)17(15(14)10-13)8-4-7-16-11-18;1-3-12(7-13)10-6-9(11)5-4-8(10)2;1-2/h3,5-6,9-11H,1,4,7-8H2,2H3,(H,16,18);4-7H,3H2,1-2H3;1-2H3. The van der Waals surface area contributed by atoms with Crippen molar-refractivity contribution < 1.29 is 9.59 Å². The van der Waals surface area contributed by atoms with Crippen molar-refractivity contribution in [3.8, 4) is 0 Å². The van der Waals surface area contributed by atoms with Crippen LogP contribution in [0.3, 0.4) is 0 Å². The third-order valence-electron chi connectivity index (χ3n) is 5.11. The van der Waals surface area contributed by atoms with Gasteiger partial charge in [0, 0.05) is 41.6 Å². The highest BCUT2D eigenvalue weighted by atomic mass is 35.5. The molecule has 0 spiro atoms. The van der Waals surface area contributed by atoms with E-state index in [1.54, 1.807) is 11.0 Å². The lowest BCUT2D eigenvalue weighted by Crippen LogP contribution is -2.20. The van der Waals surface area contributed by atoms with Gasteiger partial charge in [-0.25, -0.2) is 0 Å². The summed E-state index contributed by atoms with van der Waals surface area (Å²) in [6.07, 6.45) is 4.36. The van der Waals surface area contributed by atoms with Crippen LogP contribution in [0.25, 0.3) is 17.0 Å². The SMILES string of the molecule is C=Cc1ccc2cc(C)n(CCCNC=O)c2c1.CC.CCN(C=O)c1cc(Cl)ccc1C. The molecule has 6 heteroatoms. The van der Waals surface area contributed by atoms with Crippen LogP contribution in [0.4, 0.5) is 5.69 Å². The Morgan fingerprint density at radius 2 is 1.82 bits per heavy atom. The molecule has 0 saturated heterocycles. The lowest BCUT2D eigenvalue weighted by molar-refractivity contribution is -0.109. The van der Waals surface area contributed by atoms with Crippen molar-refractivity contribution in [2.45, 2.75) is 47.6 Å². The predicted octanol–water partition coefficient (Wildman–Crippen LogP) is 6.39. The van der Waals surface area contributed by atoms with Crippen molar-refractivity contribution in [1.82, 2.24) is 9.88 Å². The van der Waals surface area contributed by atoms with E-state index in [0.717, 1.165) is 42.6 Å². The second-order valence-electron chi connectivity index (χ2n) is 7.21. The fourth-order valence-electron chi connectivity index (χ4n) is 3.43. The molecule has 33 heavy (non-hydrogen) atoms. The molecule has 3 rings (SSSR count). The summed E-state index contributed by atoms with van der Waals surface area (Å²) in [5.74, 6) is 0. The van der Waals surface area contributed by atoms with Gasteiger partial charge in [0.1, 0.15) is 0 Å². The molecule has 3 aromatic rings. The third-order valence-corrected chi connectivity index (χ3v) is 5.34. The maximum atomic E-state index is 10.7. The Hall–Kier alpha value is -3.05. The van der Waals surface area contributed by atoms with Crippen LogP contribution in [0, 0.1) is 13.8 Å². The highest BCUT2D eigenvalue weighted by Gasteiger charge is 2.06. The lowest BCUT2D eigenvalue weighted by atomic mass is 10.1. The third kappa shape index (κ3) is 8.10. The summed E-state index contributed by atoms with van der Waals surface area (Å²) in [6.45, 7) is 16.1. The van der Waals surface area contributed by atoms with Crippen molar-refractivity contribution in [2.75, 3.05) is 18.0 Å². The zero-order valence-electron chi connectivity index (χ0n) is 20.4. The zero-order valence-corrected chi connectivity index (χ0v) is 21.2. The van der Waals surface area contributed by atoms with Gasteiger partial charge >= 0.3 is 0 Å². The van der Waals surface area contributed by atoms with Gasteiger partial charge in [0.2, 0.25) is 12.8 Å². The van der Waals surface area contributed by atoms with Crippen molar-refractivity contribution in [2.24, 2.45) is 0 Å². The Morgan fingerprint density at radius 3 is 2.42 bits per heavy atom. The van der Waals surface area contributed by atoms with E-state index in [4.69, 9.17) is 11.6 Å². The number of rotatable bonds is 9. The fraction of sp³-hybridized carbons (Fsp3) is 0.333. The number of aromatic nitrogens is 1. The second kappa shape index (κ2) is 14.9. The number of carbonyl (C=O) groups is 2. The number of amides is 2. The smallest absolute Gasteiger partial charge is 0.214 e. The molecule has 0 bridgehead atoms. The lowest BCUT2D eigenvalue weighted by Gasteiger charge is -2.17. The van der Waals surface area contributed by atoms with E-state index in [2.05, 4.69) is 47.7 Å². The van der Waals surface area contributed by atoms with E-state index < -0.39 is 0 Å². The van der Waals surface area contributed by atoms with E-state index in [1.807, 2.05) is 45.9 Å². The first kappa shape index (κ1) is 28.0. The Kier molecular flexibility index (Phi) is 12.6. The summed E-state index contributed by atoms with van der Waals surface area (Å²) in [4.78, 5) is 22.5. The van der Waals surface area contributed by atoms with Crippen molar-refractivity contribution in [3.63, 3.8) is 0 Å². The van der Waals surface area contributed by atoms with Crippen LogP contribution in [-0.4, -0.2) is 30.5 Å². The molecule has 5 nitrogen and oxygen atoms in total. The molecule has 0 radical (unpaired) electrons. The summed E-state index contributed by atoms with van der Waals surface area (Å²) < 4.78 is 2.29. The van der Waals surface area contributed by atoms with Gasteiger partial charge in [-0.1, -0.05) is 56.3 Å². The van der Waals surface area contributed by atoms with Gasteiger partial charge in [0.05, 0.1) is 0 Å². The normalized spacial score (nSPS) is 9.76. The molecule has 2 amide bonds. The Morgan fingerprint density at radius 1 is 1.09 bits per heavy atom. The summed E-state index contributed by atoms with van der Waals surface area (Å²) in [5, 5.41) is 4.60. The van der Waals surface area contributed by atoms with E-state index in [9.17, 15) is 9.59 Å². The second-order valence-corrected chi connectivity index (χ2v) is 7.64. The van der Waals surface area contributed by atoms with Gasteiger partial charge in [0.25, 0.3) is 0 Å². The first-order valence-corrected chi connectivity index (χ1v) is 11.7. The highest BCUT2D eigenvalue weighted by Crippen LogP contribution is 2.23. The van der Waals surface area contributed by atoms with Gasteiger partial charge in [-0.2, -0.15) is 0 Å². The number of anilines is 1. The number of hydrogen-bond acceptors (Lipinski definition) is 2. The van der Waals surface area contributed by atoms with Crippen LogP contribution < -0.4 is 10.2 Å². The molecule has 1 N–H and O–H groups in total. The summed E-state index contributed by atoms with van der Waals surface area (Å²) in [5.41, 5.74) is 5.55. The molecule has 1 aromatic heterocycles. The van der Waals surface area contributed by atoms with E-state index in [0.29, 0.717) is 18.1 Å². The number of aryl methyl sites for hydroxylation is 3. The van der Waals surface area contributed by atoms with E-state index in [1.165, 1.54) is 16.6 Å². The largest absolute Gasteiger partial charge is 0.359 e. The molecular weight excluding hydrogens is 434 g/mol. The molecule has 1 heterocycles. The predicted molar refractivity (Wildman–Crippen MR) is 142 cm³/mol. The van der Waals surface area contributed by atoms with E-state index >= 15 is 0 Å². The van der Waals surface area contributed by atoms with Crippen LogP contribution in [-0.2, 0) is 16.1 Å². The molecule has 0 saturated carbocycles. The number of hydrogen-bond donors (Lipinski definition) is 1. The van der Waals surface area contributed by atoms with E-state index in [-0.39, 0.29) is 0 Å². The molecule has 0 aliphatic heterocycles. The van der Waals surface area contributed by atoms with Crippen molar-refractivity contribution >= 4 is 47.1 Å². The average Bonchev–Trinajstić information content (AvgIpc) is 3.15.